The standard InChI is InChI=1S/C10H8BrF2NO3/c1-2-17-9(16)10(12,13)8(15)7-4-3-6(11)5-14-7/h3-5H,2H2,1H3. The van der Waals surface area contributed by atoms with Crippen LogP contribution in [0.5, 0.6) is 0 Å². The van der Waals surface area contributed by atoms with E-state index < -0.39 is 23.4 Å². The number of Topliss-reactive ketones (excluding diaryl/α,β-unsaturated/α-hetero) is 1. The zero-order chi connectivity index (χ0) is 13.1. The molecule has 0 fully saturated rings. The van der Waals surface area contributed by atoms with Crippen molar-refractivity contribution >= 4 is 27.7 Å². The van der Waals surface area contributed by atoms with Crippen LogP contribution >= 0.6 is 15.9 Å². The molecule has 92 valence electrons. The third-order valence-corrected chi connectivity index (χ3v) is 2.25. The number of alkyl halides is 2. The minimum absolute atomic E-state index is 0.227. The summed E-state index contributed by atoms with van der Waals surface area (Å²) in [4.78, 5) is 25.8. The summed E-state index contributed by atoms with van der Waals surface area (Å²) < 4.78 is 31.3. The Bertz CT molecular complexity index is 434. The van der Waals surface area contributed by atoms with E-state index in [0.29, 0.717) is 4.47 Å². The number of carbonyl (C=O) groups is 2. The van der Waals surface area contributed by atoms with Gasteiger partial charge >= 0.3 is 11.9 Å². The van der Waals surface area contributed by atoms with Gasteiger partial charge in [0.2, 0.25) is 0 Å². The monoisotopic (exact) mass is 307 g/mol. The average Bonchev–Trinajstić information content (AvgIpc) is 2.29. The number of hydrogen-bond donors (Lipinski definition) is 0. The molecule has 1 heterocycles. The van der Waals surface area contributed by atoms with E-state index in [1.165, 1.54) is 19.2 Å². The molecule has 0 aliphatic carbocycles. The minimum atomic E-state index is -4.21. The Kier molecular flexibility index (Phi) is 4.28. The maximum absolute atomic E-state index is 13.3. The maximum atomic E-state index is 13.3. The molecule has 0 radical (unpaired) electrons. The van der Waals surface area contributed by atoms with Crippen LogP contribution in [0.4, 0.5) is 8.78 Å². The summed E-state index contributed by atoms with van der Waals surface area (Å²) in [6.45, 7) is 1.14. The lowest BCUT2D eigenvalue weighted by molar-refractivity contribution is -0.164. The van der Waals surface area contributed by atoms with Crippen molar-refractivity contribution in [3.8, 4) is 0 Å². The van der Waals surface area contributed by atoms with E-state index in [2.05, 4.69) is 25.7 Å². The first-order valence-corrected chi connectivity index (χ1v) is 5.40. The molecule has 17 heavy (non-hydrogen) atoms. The predicted molar refractivity (Wildman–Crippen MR) is 57.8 cm³/mol. The first-order chi connectivity index (χ1) is 7.89. The molecule has 0 amide bonds. The summed E-state index contributed by atoms with van der Waals surface area (Å²) in [5.41, 5.74) is -0.494. The average molecular weight is 308 g/mol. The lowest BCUT2D eigenvalue weighted by atomic mass is 10.1. The van der Waals surface area contributed by atoms with Crippen LogP contribution in [0.25, 0.3) is 0 Å². The summed E-state index contributed by atoms with van der Waals surface area (Å²) in [5, 5.41) is 0. The number of hydrogen-bond acceptors (Lipinski definition) is 4. The van der Waals surface area contributed by atoms with Gasteiger partial charge in [-0.3, -0.25) is 9.78 Å². The van der Waals surface area contributed by atoms with E-state index in [1.807, 2.05) is 0 Å². The van der Waals surface area contributed by atoms with Crippen LogP contribution in [0.2, 0.25) is 0 Å². The van der Waals surface area contributed by atoms with Gasteiger partial charge in [-0.2, -0.15) is 8.78 Å². The smallest absolute Gasteiger partial charge is 0.405 e. The van der Waals surface area contributed by atoms with Crippen LogP contribution in [-0.4, -0.2) is 29.3 Å². The van der Waals surface area contributed by atoms with E-state index in [0.717, 1.165) is 6.07 Å². The number of carbonyl (C=O) groups excluding carboxylic acids is 2. The van der Waals surface area contributed by atoms with Crippen molar-refractivity contribution in [3.63, 3.8) is 0 Å². The van der Waals surface area contributed by atoms with Crippen LogP contribution in [-0.2, 0) is 9.53 Å². The zero-order valence-corrected chi connectivity index (χ0v) is 10.3. The number of halogens is 3. The molecule has 0 saturated heterocycles. The van der Waals surface area contributed by atoms with Crippen molar-refractivity contribution in [1.82, 2.24) is 4.98 Å². The van der Waals surface area contributed by atoms with Crippen molar-refractivity contribution < 1.29 is 23.1 Å². The Morgan fingerprint density at radius 3 is 2.59 bits per heavy atom. The second kappa shape index (κ2) is 5.31. The van der Waals surface area contributed by atoms with Crippen molar-refractivity contribution in [2.75, 3.05) is 6.61 Å². The van der Waals surface area contributed by atoms with Crippen molar-refractivity contribution in [1.29, 1.82) is 0 Å². The normalized spacial score (nSPS) is 11.1. The predicted octanol–water partition coefficient (Wildman–Crippen LogP) is 2.23. The molecule has 0 unspecified atom stereocenters. The van der Waals surface area contributed by atoms with Crippen LogP contribution in [0.1, 0.15) is 17.4 Å². The van der Waals surface area contributed by atoms with E-state index >= 15 is 0 Å². The maximum Gasteiger partial charge on any atom is 0.405 e. The number of ether oxygens (including phenoxy) is 1. The topological polar surface area (TPSA) is 56.3 Å². The fraction of sp³-hybridized carbons (Fsp3) is 0.300. The van der Waals surface area contributed by atoms with Gasteiger partial charge in [-0.05, 0) is 35.0 Å². The van der Waals surface area contributed by atoms with Gasteiger partial charge in [-0.15, -0.1) is 0 Å². The largest absolute Gasteiger partial charge is 0.461 e. The van der Waals surface area contributed by atoms with Crippen molar-refractivity contribution in [2.45, 2.75) is 12.8 Å². The second-order valence-electron chi connectivity index (χ2n) is 2.99. The lowest BCUT2D eigenvalue weighted by Crippen LogP contribution is -2.39. The molecule has 7 heteroatoms. The van der Waals surface area contributed by atoms with Gasteiger partial charge in [0.05, 0.1) is 6.61 Å². The highest BCUT2D eigenvalue weighted by atomic mass is 79.9. The zero-order valence-electron chi connectivity index (χ0n) is 8.75. The molecule has 1 rings (SSSR count). The summed E-state index contributed by atoms with van der Waals surface area (Å²) in [6, 6.07) is 2.47. The highest BCUT2D eigenvalue weighted by Crippen LogP contribution is 2.21. The molecule has 0 aliphatic rings. The van der Waals surface area contributed by atoms with Crippen LogP contribution in [0.15, 0.2) is 22.8 Å². The molecule has 4 nitrogen and oxygen atoms in total. The molecule has 0 aliphatic heterocycles. The minimum Gasteiger partial charge on any atom is -0.461 e. The highest BCUT2D eigenvalue weighted by molar-refractivity contribution is 9.10. The Morgan fingerprint density at radius 2 is 2.12 bits per heavy atom. The first kappa shape index (κ1) is 13.7. The Hall–Kier alpha value is -1.37. The third-order valence-electron chi connectivity index (χ3n) is 1.78. The van der Waals surface area contributed by atoms with Gasteiger partial charge < -0.3 is 4.74 Å². The van der Waals surface area contributed by atoms with Gasteiger partial charge in [-0.1, -0.05) is 0 Å². The molecular formula is C10H8BrF2NO3. The highest BCUT2D eigenvalue weighted by Gasteiger charge is 2.49. The SMILES string of the molecule is CCOC(=O)C(F)(F)C(=O)c1ccc(Br)cn1. The van der Waals surface area contributed by atoms with Crippen molar-refractivity contribution in [3.05, 3.63) is 28.5 Å². The number of esters is 1. The number of nitrogens with zero attached hydrogens (tertiary/aromatic N) is 1. The molecule has 0 atom stereocenters. The molecular weight excluding hydrogens is 300 g/mol. The molecule has 0 saturated carbocycles. The molecule has 0 N–H and O–H groups in total. The van der Waals surface area contributed by atoms with E-state index in [4.69, 9.17) is 0 Å². The van der Waals surface area contributed by atoms with Crippen molar-refractivity contribution in [2.24, 2.45) is 0 Å². The second-order valence-corrected chi connectivity index (χ2v) is 3.90. The molecule has 0 bridgehead atoms. The quantitative estimate of drug-likeness (QED) is 0.486. The Balaban J connectivity index is 2.95. The first-order valence-electron chi connectivity index (χ1n) is 4.61. The Labute approximate surface area is 104 Å². The third kappa shape index (κ3) is 3.06. The molecule has 0 spiro atoms. The molecule has 0 aromatic carbocycles. The summed E-state index contributed by atoms with van der Waals surface area (Å²) >= 11 is 3.05. The van der Waals surface area contributed by atoms with Crippen LogP contribution < -0.4 is 0 Å². The van der Waals surface area contributed by atoms with Gasteiger partial charge in [-0.25, -0.2) is 4.79 Å². The summed E-state index contributed by atoms with van der Waals surface area (Å²) in [7, 11) is 0. The fourth-order valence-corrected chi connectivity index (χ4v) is 1.22. The van der Waals surface area contributed by atoms with Gasteiger partial charge in [0.25, 0.3) is 5.78 Å². The number of pyridine rings is 1. The summed E-state index contributed by atoms with van der Waals surface area (Å²) in [6.07, 6.45) is 1.19. The van der Waals surface area contributed by atoms with Gasteiger partial charge in [0.15, 0.2) is 0 Å². The van der Waals surface area contributed by atoms with Crippen LogP contribution in [0, 0.1) is 0 Å². The van der Waals surface area contributed by atoms with E-state index in [1.54, 1.807) is 0 Å². The number of aromatic nitrogens is 1. The van der Waals surface area contributed by atoms with Gasteiger partial charge in [0.1, 0.15) is 5.69 Å². The number of rotatable bonds is 4. The van der Waals surface area contributed by atoms with Crippen LogP contribution in [0.3, 0.4) is 0 Å². The molecule has 1 aromatic rings. The Morgan fingerprint density at radius 1 is 1.47 bits per heavy atom. The lowest BCUT2D eigenvalue weighted by Gasteiger charge is -2.12. The fourth-order valence-electron chi connectivity index (χ4n) is 0.985. The summed E-state index contributed by atoms with van der Waals surface area (Å²) in [5.74, 6) is -7.75. The number of ketones is 1. The van der Waals surface area contributed by atoms with Gasteiger partial charge in [0, 0.05) is 10.7 Å². The molecule has 1 aromatic heterocycles. The van der Waals surface area contributed by atoms with E-state index in [-0.39, 0.29) is 6.61 Å². The van der Waals surface area contributed by atoms with E-state index in [9.17, 15) is 18.4 Å².